The van der Waals surface area contributed by atoms with Crippen LogP contribution in [-0.2, 0) is 0 Å². The highest BCUT2D eigenvalue weighted by atomic mass is 32.2. The van der Waals surface area contributed by atoms with Crippen molar-refractivity contribution in [2.24, 2.45) is 0 Å². The number of hydrogen-bond acceptors (Lipinski definition) is 8. The molecule has 0 saturated heterocycles. The number of aromatic nitrogens is 1. The van der Waals surface area contributed by atoms with E-state index in [-0.39, 0.29) is 0 Å². The van der Waals surface area contributed by atoms with E-state index in [9.17, 15) is 4.79 Å². The summed E-state index contributed by atoms with van der Waals surface area (Å²) in [6.45, 7) is 0. The van der Waals surface area contributed by atoms with Gasteiger partial charge in [-0.3, -0.25) is 0 Å². The molecule has 130 valence electrons. The van der Waals surface area contributed by atoms with E-state index in [0.717, 1.165) is 9.77 Å². The Balaban J connectivity index is 1.77. The number of thioether (sulfide) groups is 1. The first-order valence-corrected chi connectivity index (χ1v) is 10.1. The summed E-state index contributed by atoms with van der Waals surface area (Å²) in [5.74, 6) is 0.878. The molecule has 5 nitrogen and oxygen atoms in total. The van der Waals surface area contributed by atoms with Gasteiger partial charge >= 0.3 is 5.97 Å². The van der Waals surface area contributed by atoms with E-state index in [1.54, 1.807) is 32.0 Å². The van der Waals surface area contributed by atoms with Crippen LogP contribution in [0.2, 0.25) is 0 Å². The van der Waals surface area contributed by atoms with Gasteiger partial charge in [0.2, 0.25) is 0 Å². The van der Waals surface area contributed by atoms with Crippen molar-refractivity contribution in [1.82, 2.24) is 4.98 Å². The van der Waals surface area contributed by atoms with Crippen LogP contribution in [0.3, 0.4) is 0 Å². The summed E-state index contributed by atoms with van der Waals surface area (Å²) >= 11 is 4.28. The summed E-state index contributed by atoms with van der Waals surface area (Å²) in [7, 11) is 3.17. The highest BCUT2D eigenvalue weighted by Crippen LogP contribution is 2.34. The summed E-state index contributed by atoms with van der Waals surface area (Å²) in [5.41, 5.74) is 1.57. The van der Waals surface area contributed by atoms with Gasteiger partial charge in [0, 0.05) is 10.9 Å². The Morgan fingerprint density at radius 2 is 1.92 bits per heavy atom. The lowest BCUT2D eigenvalue weighted by Crippen LogP contribution is -2.05. The van der Waals surface area contributed by atoms with Crippen LogP contribution in [0.1, 0.15) is 9.67 Å². The van der Waals surface area contributed by atoms with Crippen LogP contribution >= 0.6 is 34.4 Å². The maximum atomic E-state index is 12.2. The quantitative estimate of drug-likeness (QED) is 0.442. The van der Waals surface area contributed by atoms with Crippen LogP contribution in [0.4, 0.5) is 0 Å². The van der Waals surface area contributed by atoms with Gasteiger partial charge in [-0.15, -0.1) is 23.1 Å². The third-order valence-electron chi connectivity index (χ3n) is 3.33. The highest BCUT2D eigenvalue weighted by Gasteiger charge is 2.15. The number of ether oxygens (including phenoxy) is 3. The number of methoxy groups -OCH3 is 2. The minimum absolute atomic E-state index is 0.314. The normalized spacial score (nSPS) is 10.5. The highest BCUT2D eigenvalue weighted by molar-refractivity contribution is 8.00. The molecule has 0 spiro atoms. The first-order valence-electron chi connectivity index (χ1n) is 7.18. The number of hydrogen-bond donors (Lipinski definition) is 0. The van der Waals surface area contributed by atoms with Crippen LogP contribution in [0.25, 0.3) is 11.3 Å². The van der Waals surface area contributed by atoms with Gasteiger partial charge in [-0.25, -0.2) is 9.78 Å². The fourth-order valence-corrected chi connectivity index (χ4v) is 4.20. The lowest BCUT2D eigenvalue weighted by molar-refractivity contribution is 0.0739. The fourth-order valence-electron chi connectivity index (χ4n) is 2.10. The van der Waals surface area contributed by atoms with Gasteiger partial charge in [0.05, 0.1) is 24.1 Å². The van der Waals surface area contributed by atoms with Crippen molar-refractivity contribution in [3.63, 3.8) is 0 Å². The van der Waals surface area contributed by atoms with Crippen molar-refractivity contribution in [3.05, 3.63) is 40.6 Å². The maximum Gasteiger partial charge on any atom is 0.355 e. The topological polar surface area (TPSA) is 57.7 Å². The van der Waals surface area contributed by atoms with Gasteiger partial charge in [0.15, 0.2) is 11.5 Å². The van der Waals surface area contributed by atoms with Crippen molar-refractivity contribution in [2.75, 3.05) is 20.5 Å². The van der Waals surface area contributed by atoms with Crippen LogP contribution in [0, 0.1) is 0 Å². The number of thiazole rings is 1. The number of carbonyl (C=O) groups excluding carboxylic acids is 1. The molecule has 8 heteroatoms. The van der Waals surface area contributed by atoms with Gasteiger partial charge < -0.3 is 14.2 Å². The van der Waals surface area contributed by atoms with Crippen molar-refractivity contribution in [3.8, 4) is 28.0 Å². The smallest absolute Gasteiger partial charge is 0.355 e. The summed E-state index contributed by atoms with van der Waals surface area (Å²) in [6, 6.07) is 9.20. The van der Waals surface area contributed by atoms with E-state index in [2.05, 4.69) is 4.98 Å². The van der Waals surface area contributed by atoms with E-state index in [1.165, 1.54) is 22.7 Å². The Morgan fingerprint density at radius 1 is 1.12 bits per heavy atom. The number of thiophene rings is 1. The van der Waals surface area contributed by atoms with E-state index < -0.39 is 5.97 Å². The van der Waals surface area contributed by atoms with Crippen molar-refractivity contribution in [1.29, 1.82) is 0 Å². The molecule has 0 fully saturated rings. The molecule has 25 heavy (non-hydrogen) atoms. The molecule has 0 radical (unpaired) electrons. The van der Waals surface area contributed by atoms with Gasteiger partial charge in [-0.05, 0) is 36.6 Å². The Labute approximate surface area is 157 Å². The van der Waals surface area contributed by atoms with Crippen LogP contribution < -0.4 is 14.2 Å². The summed E-state index contributed by atoms with van der Waals surface area (Å²) in [4.78, 5) is 17.1. The molecular weight excluding hydrogens is 378 g/mol. The van der Waals surface area contributed by atoms with Crippen LogP contribution in [-0.4, -0.2) is 31.4 Å². The summed E-state index contributed by atoms with van der Waals surface area (Å²) < 4.78 is 17.0. The SMILES string of the molecule is COc1ccc(-c2csc(OC(=O)c3ccc(SC)s3)n2)cc1OC. The molecule has 0 aliphatic heterocycles. The Kier molecular flexibility index (Phi) is 5.62. The van der Waals surface area contributed by atoms with Gasteiger partial charge in [-0.2, -0.15) is 0 Å². The second-order valence-electron chi connectivity index (χ2n) is 4.78. The van der Waals surface area contributed by atoms with Crippen molar-refractivity contribution in [2.45, 2.75) is 4.21 Å². The standard InChI is InChI=1S/C17H15NO4S3/c1-20-12-5-4-10(8-13(12)21-2)11-9-24-17(18-11)22-16(19)14-6-7-15(23-3)25-14/h4-9H,1-3H3. The number of carbonyl (C=O) groups is 1. The molecule has 0 unspecified atom stereocenters. The molecule has 0 amide bonds. The van der Waals surface area contributed by atoms with Crippen LogP contribution in [0.5, 0.6) is 16.7 Å². The molecule has 3 rings (SSSR count). The van der Waals surface area contributed by atoms with E-state index in [1.807, 2.05) is 35.9 Å². The predicted octanol–water partition coefficient (Wildman–Crippen LogP) is 4.83. The summed E-state index contributed by atoms with van der Waals surface area (Å²) in [6.07, 6.45) is 1.97. The largest absolute Gasteiger partial charge is 0.493 e. The molecule has 0 bridgehead atoms. The Hall–Kier alpha value is -2.03. The summed E-state index contributed by atoms with van der Waals surface area (Å²) in [5, 5.41) is 2.15. The Bertz CT molecular complexity index is 888. The number of benzene rings is 1. The van der Waals surface area contributed by atoms with E-state index in [4.69, 9.17) is 14.2 Å². The monoisotopic (exact) mass is 393 g/mol. The number of nitrogens with zero attached hydrogens (tertiary/aromatic N) is 1. The molecule has 0 saturated carbocycles. The average molecular weight is 394 g/mol. The predicted molar refractivity (Wildman–Crippen MR) is 102 cm³/mol. The molecule has 0 aliphatic rings. The zero-order valence-corrected chi connectivity index (χ0v) is 16.2. The zero-order valence-electron chi connectivity index (χ0n) is 13.8. The lowest BCUT2D eigenvalue weighted by atomic mass is 10.1. The molecule has 2 aromatic heterocycles. The van der Waals surface area contributed by atoms with Crippen molar-refractivity contribution < 1.29 is 19.0 Å². The van der Waals surface area contributed by atoms with Gasteiger partial charge in [-0.1, -0.05) is 11.3 Å². The minimum atomic E-state index is -0.390. The third kappa shape index (κ3) is 3.97. The fraction of sp³-hybridized carbons (Fsp3) is 0.176. The molecule has 3 aromatic rings. The molecular formula is C17H15NO4S3. The minimum Gasteiger partial charge on any atom is -0.493 e. The molecule has 0 aliphatic carbocycles. The molecule has 0 N–H and O–H groups in total. The third-order valence-corrected chi connectivity index (χ3v) is 6.19. The number of esters is 1. The lowest BCUT2D eigenvalue weighted by Gasteiger charge is -2.08. The van der Waals surface area contributed by atoms with Crippen molar-refractivity contribution >= 4 is 40.4 Å². The zero-order chi connectivity index (χ0) is 17.8. The maximum absolute atomic E-state index is 12.2. The van der Waals surface area contributed by atoms with E-state index >= 15 is 0 Å². The molecule has 0 atom stereocenters. The van der Waals surface area contributed by atoms with Gasteiger partial charge in [0.1, 0.15) is 4.88 Å². The second-order valence-corrected chi connectivity index (χ2v) is 7.79. The molecule has 1 aromatic carbocycles. The average Bonchev–Trinajstić information content (AvgIpc) is 3.30. The number of rotatable bonds is 6. The van der Waals surface area contributed by atoms with Crippen LogP contribution in [0.15, 0.2) is 39.9 Å². The first-order chi connectivity index (χ1) is 12.1. The second kappa shape index (κ2) is 7.90. The Morgan fingerprint density at radius 3 is 2.60 bits per heavy atom. The first kappa shape index (κ1) is 17.8. The van der Waals surface area contributed by atoms with E-state index in [0.29, 0.717) is 27.3 Å². The molecule has 2 heterocycles. The van der Waals surface area contributed by atoms with Gasteiger partial charge in [0.25, 0.3) is 5.19 Å².